The second kappa shape index (κ2) is 6.57. The molecule has 0 heterocycles. The van der Waals surface area contributed by atoms with Gasteiger partial charge in [0.1, 0.15) is 3.66 Å². The molecule has 0 aromatic heterocycles. The lowest BCUT2D eigenvalue weighted by Crippen LogP contribution is -2.22. The van der Waals surface area contributed by atoms with Crippen LogP contribution in [0.2, 0.25) is 0 Å². The van der Waals surface area contributed by atoms with Gasteiger partial charge in [0.15, 0.2) is 0 Å². The topological polar surface area (TPSA) is 40.9 Å². The van der Waals surface area contributed by atoms with Crippen LogP contribution < -0.4 is 0 Å². The molecule has 2 saturated carbocycles. The third-order valence-electron chi connectivity index (χ3n) is 6.21. The molecule has 3 rings (SSSR count). The van der Waals surface area contributed by atoms with Crippen molar-refractivity contribution >= 4 is 26.7 Å². The number of nitriles is 1. The molecule has 24 heavy (non-hydrogen) atoms. The Kier molecular flexibility index (Phi) is 4.97. The number of rotatable bonds is 5. The van der Waals surface area contributed by atoms with Crippen LogP contribution in [0, 0.1) is 29.1 Å². The van der Waals surface area contributed by atoms with E-state index in [1.54, 1.807) is 0 Å². The predicted octanol–water partition coefficient (Wildman–Crippen LogP) is 5.86. The molecule has 130 valence electrons. The number of nitrogens with zero attached hydrogens (tertiary/aromatic N) is 1. The van der Waals surface area contributed by atoms with E-state index in [4.69, 9.17) is 0 Å². The summed E-state index contributed by atoms with van der Waals surface area (Å²) < 4.78 is 13.0. The van der Waals surface area contributed by atoms with Gasteiger partial charge < -0.3 is 0 Å². The summed E-state index contributed by atoms with van der Waals surface area (Å²) in [6.45, 7) is 4.20. The Morgan fingerprint density at radius 1 is 1.21 bits per heavy atom. The first-order valence-electron chi connectivity index (χ1n) is 9.08. The van der Waals surface area contributed by atoms with Gasteiger partial charge in [-0.3, -0.25) is 4.21 Å². The van der Waals surface area contributed by atoms with Crippen molar-refractivity contribution in [1.29, 1.82) is 5.26 Å². The zero-order chi connectivity index (χ0) is 17.4. The first-order valence-corrected chi connectivity index (χ1v) is 11.0. The predicted molar refractivity (Wildman–Crippen MR) is 102 cm³/mol. The highest BCUT2D eigenvalue weighted by atomic mass is 79.9. The first kappa shape index (κ1) is 18.1. The van der Waals surface area contributed by atoms with Crippen molar-refractivity contribution in [1.82, 2.24) is 0 Å². The lowest BCUT2D eigenvalue weighted by Gasteiger charge is -2.26. The second-order valence-electron chi connectivity index (χ2n) is 7.44. The van der Waals surface area contributed by atoms with Gasteiger partial charge in [0, 0.05) is 10.3 Å². The Morgan fingerprint density at radius 3 is 2.38 bits per heavy atom. The van der Waals surface area contributed by atoms with Crippen LogP contribution in [0.15, 0.2) is 29.2 Å². The zero-order valence-electron chi connectivity index (χ0n) is 14.6. The second-order valence-corrected chi connectivity index (χ2v) is 10.8. The summed E-state index contributed by atoms with van der Waals surface area (Å²) in [7, 11) is -1.21. The molecule has 0 radical (unpaired) electrons. The fourth-order valence-corrected chi connectivity index (χ4v) is 8.74. The summed E-state index contributed by atoms with van der Waals surface area (Å²) in [5.74, 6) is 0. The average molecular weight is 408 g/mol. The summed E-state index contributed by atoms with van der Waals surface area (Å²) in [5, 5.41) is 10.2. The fraction of sp³-hybridized carbons (Fsp3) is 0.650. The van der Waals surface area contributed by atoms with E-state index in [-0.39, 0.29) is 5.41 Å². The van der Waals surface area contributed by atoms with E-state index in [9.17, 15) is 9.47 Å². The minimum absolute atomic E-state index is 0.127. The number of hydrogen-bond donors (Lipinski definition) is 0. The standard InChI is InChI=1S/C20H26BrNOS/c1-3-4-12-19(15-22)18(13-6-5-7-14-18)20(19,21)24(23)17-10-8-16(2)9-11-17/h8-11H,3-7,12-14H2,1-2H3. The molecule has 0 N–H and O–H groups in total. The van der Waals surface area contributed by atoms with Crippen molar-refractivity contribution in [2.75, 3.05) is 0 Å². The smallest absolute Gasteiger partial charge is 0.131 e. The molecule has 0 aliphatic heterocycles. The highest BCUT2D eigenvalue weighted by Crippen LogP contribution is 2.84. The molecule has 3 unspecified atom stereocenters. The third kappa shape index (κ3) is 2.27. The third-order valence-corrected chi connectivity index (χ3v) is 10.5. The van der Waals surface area contributed by atoms with Crippen LogP contribution in [0.5, 0.6) is 0 Å². The Balaban J connectivity index is 2.03. The van der Waals surface area contributed by atoms with Crippen molar-refractivity contribution in [2.24, 2.45) is 10.8 Å². The van der Waals surface area contributed by atoms with Gasteiger partial charge in [-0.2, -0.15) is 5.26 Å². The summed E-state index contributed by atoms with van der Waals surface area (Å²) in [6, 6.07) is 10.6. The molecule has 0 saturated heterocycles. The molecular weight excluding hydrogens is 382 g/mol. The Morgan fingerprint density at radius 2 is 1.83 bits per heavy atom. The van der Waals surface area contributed by atoms with Crippen LogP contribution in [0.1, 0.15) is 63.9 Å². The van der Waals surface area contributed by atoms with Gasteiger partial charge in [0.25, 0.3) is 0 Å². The number of halogens is 1. The summed E-state index contributed by atoms with van der Waals surface area (Å²) >= 11 is 3.92. The van der Waals surface area contributed by atoms with E-state index in [1.807, 2.05) is 31.2 Å². The molecule has 1 aromatic carbocycles. The molecule has 2 aliphatic carbocycles. The van der Waals surface area contributed by atoms with Crippen molar-refractivity contribution < 1.29 is 4.21 Å². The van der Waals surface area contributed by atoms with E-state index in [0.29, 0.717) is 0 Å². The summed E-state index contributed by atoms with van der Waals surface area (Å²) in [6.07, 6.45) is 8.51. The lowest BCUT2D eigenvalue weighted by atomic mass is 9.78. The molecule has 1 spiro atoms. The zero-order valence-corrected chi connectivity index (χ0v) is 17.0. The van der Waals surface area contributed by atoms with Gasteiger partial charge in [-0.1, -0.05) is 72.7 Å². The highest BCUT2D eigenvalue weighted by molar-refractivity contribution is 9.11. The number of hydrogen-bond acceptors (Lipinski definition) is 2. The molecule has 1 aromatic rings. The highest BCUT2D eigenvalue weighted by Gasteiger charge is 2.88. The average Bonchev–Trinajstić information content (AvgIpc) is 3.05. The van der Waals surface area contributed by atoms with E-state index in [1.165, 1.54) is 12.0 Å². The van der Waals surface area contributed by atoms with E-state index in [0.717, 1.165) is 49.8 Å². The maximum Gasteiger partial charge on any atom is 0.131 e. The van der Waals surface area contributed by atoms with E-state index < -0.39 is 19.9 Å². The monoisotopic (exact) mass is 407 g/mol. The molecule has 0 bridgehead atoms. The lowest BCUT2D eigenvalue weighted by molar-refractivity contribution is 0.268. The normalized spacial score (nSPS) is 32.2. The van der Waals surface area contributed by atoms with Gasteiger partial charge in [-0.05, 0) is 38.3 Å². The minimum atomic E-state index is -1.21. The Labute approximate surface area is 156 Å². The fourth-order valence-electron chi connectivity index (χ4n) is 4.82. The SMILES string of the molecule is CCCCC1(C#N)C2(CCCCC2)C1(Br)S(=O)c1ccc(C)cc1. The summed E-state index contributed by atoms with van der Waals surface area (Å²) in [4.78, 5) is 0.844. The van der Waals surface area contributed by atoms with Crippen molar-refractivity contribution in [2.45, 2.75) is 73.8 Å². The molecule has 2 aliphatic rings. The Hall–Kier alpha value is -0.660. The van der Waals surface area contributed by atoms with Gasteiger partial charge in [0.2, 0.25) is 0 Å². The van der Waals surface area contributed by atoms with Gasteiger partial charge in [-0.15, -0.1) is 0 Å². The maximum absolute atomic E-state index is 13.6. The van der Waals surface area contributed by atoms with Crippen molar-refractivity contribution in [3.63, 3.8) is 0 Å². The van der Waals surface area contributed by atoms with Crippen molar-refractivity contribution in [3.05, 3.63) is 29.8 Å². The molecular formula is C20H26BrNOS. The summed E-state index contributed by atoms with van der Waals surface area (Å²) in [5.41, 5.74) is 0.546. The molecule has 0 amide bonds. The van der Waals surface area contributed by atoms with Crippen LogP contribution in [0.25, 0.3) is 0 Å². The van der Waals surface area contributed by atoms with Crippen LogP contribution >= 0.6 is 15.9 Å². The van der Waals surface area contributed by atoms with Crippen LogP contribution in [-0.4, -0.2) is 7.87 Å². The molecule has 4 heteroatoms. The number of unbranched alkanes of at least 4 members (excludes halogenated alkanes) is 1. The van der Waals surface area contributed by atoms with Gasteiger partial charge >= 0.3 is 0 Å². The Bertz CT molecular complexity index is 674. The quantitative estimate of drug-likeness (QED) is 0.573. The van der Waals surface area contributed by atoms with Crippen molar-refractivity contribution in [3.8, 4) is 6.07 Å². The van der Waals surface area contributed by atoms with Crippen LogP contribution in [0.4, 0.5) is 0 Å². The minimum Gasteiger partial charge on any atom is -0.253 e. The van der Waals surface area contributed by atoms with Gasteiger partial charge in [-0.25, -0.2) is 0 Å². The molecule has 3 atom stereocenters. The number of aryl methyl sites for hydroxylation is 1. The number of benzene rings is 1. The maximum atomic E-state index is 13.6. The first-order chi connectivity index (χ1) is 11.5. The van der Waals surface area contributed by atoms with Crippen LogP contribution in [0.3, 0.4) is 0 Å². The van der Waals surface area contributed by atoms with E-state index >= 15 is 0 Å². The molecule has 2 fully saturated rings. The molecule has 2 nitrogen and oxygen atoms in total. The number of alkyl halides is 1. The van der Waals surface area contributed by atoms with Crippen LogP contribution in [-0.2, 0) is 10.8 Å². The van der Waals surface area contributed by atoms with E-state index in [2.05, 4.69) is 28.9 Å². The largest absolute Gasteiger partial charge is 0.253 e. The van der Waals surface area contributed by atoms with Gasteiger partial charge in [0.05, 0.1) is 22.3 Å².